The van der Waals surface area contributed by atoms with Crippen LogP contribution in [-0.2, 0) is 6.54 Å². The number of rotatable bonds is 3. The molecule has 20 heavy (non-hydrogen) atoms. The molecule has 2 aromatic heterocycles. The van der Waals surface area contributed by atoms with E-state index in [0.717, 1.165) is 33.5 Å². The molecule has 3 rings (SSSR count). The Hall–Kier alpha value is -0.720. The van der Waals surface area contributed by atoms with Gasteiger partial charge in [-0.05, 0) is 72.6 Å². The zero-order valence-corrected chi connectivity index (χ0v) is 14.0. The second kappa shape index (κ2) is 5.95. The molecule has 2 aromatic rings. The van der Waals surface area contributed by atoms with Gasteiger partial charge in [0.15, 0.2) is 10.4 Å². The summed E-state index contributed by atoms with van der Waals surface area (Å²) in [6, 6.07) is 2.04. The number of nitrogens with one attached hydrogen (secondary N) is 1. The van der Waals surface area contributed by atoms with E-state index < -0.39 is 0 Å². The predicted octanol–water partition coefficient (Wildman–Crippen LogP) is 3.59. The quantitative estimate of drug-likeness (QED) is 0.855. The van der Waals surface area contributed by atoms with Crippen LogP contribution in [0.3, 0.4) is 0 Å². The van der Waals surface area contributed by atoms with Crippen LogP contribution in [0.15, 0.2) is 16.7 Å². The molecule has 4 nitrogen and oxygen atoms in total. The van der Waals surface area contributed by atoms with Gasteiger partial charge in [0.25, 0.3) is 0 Å². The molecule has 0 bridgehead atoms. The fourth-order valence-electron chi connectivity index (χ4n) is 2.93. The van der Waals surface area contributed by atoms with Crippen molar-refractivity contribution < 1.29 is 0 Å². The van der Waals surface area contributed by atoms with Gasteiger partial charge in [0.05, 0.1) is 5.52 Å². The SMILES string of the molecule is CCN1CCC(Cn2c(=S)[nH]c3cc(Br)cnc32)CC1. The maximum atomic E-state index is 5.45. The highest BCUT2D eigenvalue weighted by atomic mass is 79.9. The van der Waals surface area contributed by atoms with Gasteiger partial charge in [-0.15, -0.1) is 0 Å². The van der Waals surface area contributed by atoms with Crippen molar-refractivity contribution in [2.24, 2.45) is 5.92 Å². The highest BCUT2D eigenvalue weighted by Crippen LogP contribution is 2.22. The molecule has 1 N–H and O–H groups in total. The van der Waals surface area contributed by atoms with E-state index in [-0.39, 0.29) is 0 Å². The zero-order valence-electron chi connectivity index (χ0n) is 11.6. The Bertz CT molecular complexity index is 655. The highest BCUT2D eigenvalue weighted by Gasteiger charge is 2.19. The number of aromatic amines is 1. The van der Waals surface area contributed by atoms with Gasteiger partial charge in [-0.25, -0.2) is 4.98 Å². The van der Waals surface area contributed by atoms with Crippen LogP contribution in [0.4, 0.5) is 0 Å². The van der Waals surface area contributed by atoms with Crippen molar-refractivity contribution in [1.29, 1.82) is 0 Å². The number of H-pyrrole nitrogens is 1. The zero-order chi connectivity index (χ0) is 14.1. The molecule has 0 aliphatic carbocycles. The first kappa shape index (κ1) is 14.2. The molecule has 0 atom stereocenters. The molecule has 1 saturated heterocycles. The Labute approximate surface area is 132 Å². The van der Waals surface area contributed by atoms with Crippen molar-refractivity contribution in [2.45, 2.75) is 26.3 Å². The topological polar surface area (TPSA) is 36.9 Å². The first-order valence-electron chi connectivity index (χ1n) is 7.13. The van der Waals surface area contributed by atoms with Crippen LogP contribution in [0.2, 0.25) is 0 Å². The van der Waals surface area contributed by atoms with Gasteiger partial charge in [0.2, 0.25) is 0 Å². The maximum Gasteiger partial charge on any atom is 0.179 e. The third-order valence-corrected chi connectivity index (χ3v) is 4.93. The summed E-state index contributed by atoms with van der Waals surface area (Å²) in [6.07, 6.45) is 4.33. The Kier molecular flexibility index (Phi) is 4.23. The van der Waals surface area contributed by atoms with Crippen LogP contribution in [0, 0.1) is 10.7 Å². The summed E-state index contributed by atoms with van der Waals surface area (Å²) in [5.41, 5.74) is 1.98. The van der Waals surface area contributed by atoms with Crippen molar-refractivity contribution in [2.75, 3.05) is 19.6 Å². The molecule has 0 aromatic carbocycles. The smallest absolute Gasteiger partial charge is 0.179 e. The van der Waals surface area contributed by atoms with E-state index in [0.29, 0.717) is 5.92 Å². The molecule has 108 valence electrons. The minimum absolute atomic E-state index is 0.703. The maximum absolute atomic E-state index is 5.45. The largest absolute Gasteiger partial charge is 0.329 e. The Balaban J connectivity index is 1.81. The van der Waals surface area contributed by atoms with Gasteiger partial charge >= 0.3 is 0 Å². The minimum atomic E-state index is 0.703. The van der Waals surface area contributed by atoms with Crippen LogP contribution in [0.25, 0.3) is 11.2 Å². The number of aromatic nitrogens is 3. The highest BCUT2D eigenvalue weighted by molar-refractivity contribution is 9.10. The number of hydrogen-bond acceptors (Lipinski definition) is 3. The first-order valence-corrected chi connectivity index (χ1v) is 8.34. The molecule has 0 saturated carbocycles. The van der Waals surface area contributed by atoms with Crippen molar-refractivity contribution >= 4 is 39.3 Å². The summed E-state index contributed by atoms with van der Waals surface area (Å²) in [7, 11) is 0. The van der Waals surface area contributed by atoms with E-state index in [1.54, 1.807) is 0 Å². The number of imidazole rings is 1. The van der Waals surface area contributed by atoms with Gasteiger partial charge in [-0.3, -0.25) is 0 Å². The van der Waals surface area contributed by atoms with Gasteiger partial charge in [0, 0.05) is 17.2 Å². The number of piperidine rings is 1. The normalized spacial score (nSPS) is 17.9. The second-order valence-corrected chi connectivity index (χ2v) is 6.75. The molecular weight excluding hydrogens is 336 g/mol. The van der Waals surface area contributed by atoms with E-state index in [2.05, 4.69) is 42.3 Å². The molecule has 0 radical (unpaired) electrons. The number of pyridine rings is 1. The standard InChI is InChI=1S/C14H19BrN4S/c1-2-18-5-3-10(4-6-18)9-19-13-12(17-14(19)20)7-11(15)8-16-13/h7-8,10H,2-6,9H2,1H3,(H,17,20). The van der Waals surface area contributed by atoms with Crippen LogP contribution in [0.5, 0.6) is 0 Å². The molecular formula is C14H19BrN4S. The third-order valence-electron chi connectivity index (χ3n) is 4.17. The number of halogens is 1. The number of nitrogens with zero attached hydrogens (tertiary/aromatic N) is 3. The molecule has 1 aliphatic heterocycles. The lowest BCUT2D eigenvalue weighted by Crippen LogP contribution is -2.34. The molecule has 0 spiro atoms. The number of likely N-dealkylation sites (tertiary alicyclic amines) is 1. The average molecular weight is 355 g/mol. The minimum Gasteiger partial charge on any atom is -0.329 e. The van der Waals surface area contributed by atoms with E-state index >= 15 is 0 Å². The monoisotopic (exact) mass is 354 g/mol. The van der Waals surface area contributed by atoms with Gasteiger partial charge in [-0.2, -0.15) is 0 Å². The molecule has 1 aliphatic rings. The number of fused-ring (bicyclic) bond motifs is 1. The molecule has 6 heteroatoms. The summed E-state index contributed by atoms with van der Waals surface area (Å²) in [4.78, 5) is 10.3. The Morgan fingerprint density at radius 2 is 2.20 bits per heavy atom. The van der Waals surface area contributed by atoms with E-state index in [1.165, 1.54) is 25.9 Å². The van der Waals surface area contributed by atoms with Crippen molar-refractivity contribution in [3.05, 3.63) is 21.5 Å². The fourth-order valence-corrected chi connectivity index (χ4v) is 3.53. The van der Waals surface area contributed by atoms with E-state index in [9.17, 15) is 0 Å². The Morgan fingerprint density at radius 1 is 1.45 bits per heavy atom. The first-order chi connectivity index (χ1) is 9.67. The predicted molar refractivity (Wildman–Crippen MR) is 87.5 cm³/mol. The summed E-state index contributed by atoms with van der Waals surface area (Å²) in [5, 5.41) is 0. The summed E-state index contributed by atoms with van der Waals surface area (Å²) >= 11 is 8.90. The third kappa shape index (κ3) is 2.82. The van der Waals surface area contributed by atoms with Crippen molar-refractivity contribution in [1.82, 2.24) is 19.4 Å². The average Bonchev–Trinajstić information content (AvgIpc) is 2.75. The van der Waals surface area contributed by atoms with Crippen LogP contribution < -0.4 is 0 Å². The lowest BCUT2D eigenvalue weighted by atomic mass is 9.97. The number of hydrogen-bond donors (Lipinski definition) is 1. The molecule has 3 heterocycles. The molecule has 1 fully saturated rings. The van der Waals surface area contributed by atoms with Gasteiger partial charge in [0.1, 0.15) is 0 Å². The Morgan fingerprint density at radius 3 is 2.90 bits per heavy atom. The van der Waals surface area contributed by atoms with Crippen molar-refractivity contribution in [3.63, 3.8) is 0 Å². The van der Waals surface area contributed by atoms with E-state index in [1.807, 2.05) is 12.3 Å². The van der Waals surface area contributed by atoms with Crippen LogP contribution in [0.1, 0.15) is 19.8 Å². The molecule has 0 unspecified atom stereocenters. The van der Waals surface area contributed by atoms with Crippen molar-refractivity contribution in [3.8, 4) is 0 Å². The molecule has 0 amide bonds. The van der Waals surface area contributed by atoms with Crippen LogP contribution >= 0.6 is 28.1 Å². The van der Waals surface area contributed by atoms with Gasteiger partial charge in [-0.1, -0.05) is 6.92 Å². The second-order valence-electron chi connectivity index (χ2n) is 5.44. The summed E-state index contributed by atoms with van der Waals surface area (Å²) in [5.74, 6) is 0.703. The summed E-state index contributed by atoms with van der Waals surface area (Å²) in [6.45, 7) is 6.78. The lowest BCUT2D eigenvalue weighted by molar-refractivity contribution is 0.181. The fraction of sp³-hybridized carbons (Fsp3) is 0.571. The van der Waals surface area contributed by atoms with Crippen LogP contribution in [-0.4, -0.2) is 39.1 Å². The van der Waals surface area contributed by atoms with E-state index in [4.69, 9.17) is 12.2 Å². The lowest BCUT2D eigenvalue weighted by Gasteiger charge is -2.31. The summed E-state index contributed by atoms with van der Waals surface area (Å²) < 4.78 is 3.91. The van der Waals surface area contributed by atoms with Gasteiger partial charge < -0.3 is 14.5 Å².